The van der Waals surface area contributed by atoms with Crippen molar-refractivity contribution in [3.8, 4) is 6.07 Å². The molecule has 0 heterocycles. The van der Waals surface area contributed by atoms with Gasteiger partial charge in [0.25, 0.3) is 0 Å². The standard InChI is InChI=1S/C27H31NO3Si/c1-22-15-17-25(18-16-22)27(21-28,31-32(2,3)4)26(29-19-23-11-7-5-8-12-23)30-20-24-13-9-6-10-14-24/h5-18,26H,19-20H2,1-4H3. The lowest BCUT2D eigenvalue weighted by Crippen LogP contribution is -2.50. The van der Waals surface area contributed by atoms with Crippen molar-refractivity contribution >= 4 is 8.32 Å². The number of benzene rings is 3. The maximum Gasteiger partial charge on any atom is 0.221 e. The second-order valence-corrected chi connectivity index (χ2v) is 13.3. The lowest BCUT2D eigenvalue weighted by molar-refractivity contribution is -0.228. The molecular formula is C27H31NO3Si. The van der Waals surface area contributed by atoms with Crippen LogP contribution in [0.5, 0.6) is 0 Å². The summed E-state index contributed by atoms with van der Waals surface area (Å²) >= 11 is 0. The monoisotopic (exact) mass is 445 g/mol. The molecule has 0 fully saturated rings. The fourth-order valence-corrected chi connectivity index (χ4v) is 4.67. The number of ether oxygens (including phenoxy) is 2. The summed E-state index contributed by atoms with van der Waals surface area (Å²) in [6.45, 7) is 8.85. The molecule has 0 aliphatic rings. The molecular weight excluding hydrogens is 414 g/mol. The van der Waals surface area contributed by atoms with Gasteiger partial charge in [-0.05, 0) is 37.7 Å². The van der Waals surface area contributed by atoms with Gasteiger partial charge >= 0.3 is 0 Å². The molecule has 0 saturated heterocycles. The summed E-state index contributed by atoms with van der Waals surface area (Å²) in [5.74, 6) is 0. The van der Waals surface area contributed by atoms with Crippen LogP contribution in [-0.4, -0.2) is 14.6 Å². The molecule has 0 aliphatic heterocycles. The molecule has 32 heavy (non-hydrogen) atoms. The summed E-state index contributed by atoms with van der Waals surface area (Å²) in [4.78, 5) is 0. The highest BCUT2D eigenvalue weighted by atomic mass is 28.4. The molecule has 0 saturated carbocycles. The van der Waals surface area contributed by atoms with Gasteiger partial charge in [-0.1, -0.05) is 90.5 Å². The summed E-state index contributed by atoms with van der Waals surface area (Å²) < 4.78 is 19.1. The Morgan fingerprint density at radius 2 is 1.25 bits per heavy atom. The summed E-state index contributed by atoms with van der Waals surface area (Å²) in [6.07, 6.45) is -0.914. The Kier molecular flexibility index (Phi) is 8.00. The Balaban J connectivity index is 1.99. The quantitative estimate of drug-likeness (QED) is 0.270. The number of hydrogen-bond donors (Lipinski definition) is 0. The highest BCUT2D eigenvalue weighted by molar-refractivity contribution is 6.69. The zero-order valence-electron chi connectivity index (χ0n) is 19.2. The SMILES string of the molecule is Cc1ccc(C(C#N)(O[Si](C)(C)C)C(OCc2ccccc2)OCc2ccccc2)cc1. The van der Waals surface area contributed by atoms with E-state index in [0.29, 0.717) is 13.2 Å². The van der Waals surface area contributed by atoms with Crippen LogP contribution in [0.4, 0.5) is 0 Å². The molecule has 0 N–H and O–H groups in total. The Morgan fingerprint density at radius 1 is 0.781 bits per heavy atom. The van der Waals surface area contributed by atoms with E-state index in [0.717, 1.165) is 22.3 Å². The van der Waals surface area contributed by atoms with Crippen molar-refractivity contribution in [2.45, 2.75) is 51.7 Å². The van der Waals surface area contributed by atoms with E-state index in [4.69, 9.17) is 13.9 Å². The van der Waals surface area contributed by atoms with Crippen molar-refractivity contribution in [2.24, 2.45) is 0 Å². The first kappa shape index (κ1) is 23.9. The Bertz CT molecular complexity index is 967. The summed E-state index contributed by atoms with van der Waals surface area (Å²) in [6, 6.07) is 30.1. The van der Waals surface area contributed by atoms with Gasteiger partial charge in [-0.25, -0.2) is 0 Å². The number of rotatable bonds is 10. The van der Waals surface area contributed by atoms with E-state index in [1.807, 2.05) is 91.9 Å². The topological polar surface area (TPSA) is 51.5 Å². The van der Waals surface area contributed by atoms with Crippen LogP contribution < -0.4 is 0 Å². The molecule has 0 aromatic heterocycles. The van der Waals surface area contributed by atoms with E-state index in [1.165, 1.54) is 0 Å². The maximum absolute atomic E-state index is 10.5. The van der Waals surface area contributed by atoms with E-state index in [2.05, 4.69) is 25.7 Å². The molecule has 1 atom stereocenters. The zero-order chi connectivity index (χ0) is 23.0. The molecule has 0 spiro atoms. The number of nitriles is 1. The molecule has 3 aromatic carbocycles. The van der Waals surface area contributed by atoms with Gasteiger partial charge in [0, 0.05) is 5.56 Å². The molecule has 166 valence electrons. The number of aryl methyl sites for hydroxylation is 1. The molecule has 0 amide bonds. The van der Waals surface area contributed by atoms with Crippen LogP contribution in [0.25, 0.3) is 0 Å². The van der Waals surface area contributed by atoms with Crippen molar-refractivity contribution in [3.05, 3.63) is 107 Å². The molecule has 5 heteroatoms. The van der Waals surface area contributed by atoms with E-state index in [1.54, 1.807) is 0 Å². The van der Waals surface area contributed by atoms with E-state index < -0.39 is 20.2 Å². The van der Waals surface area contributed by atoms with Gasteiger partial charge in [0.1, 0.15) is 6.07 Å². The van der Waals surface area contributed by atoms with E-state index >= 15 is 0 Å². The first-order chi connectivity index (χ1) is 15.3. The van der Waals surface area contributed by atoms with Crippen LogP contribution in [0, 0.1) is 18.3 Å². The van der Waals surface area contributed by atoms with E-state index in [-0.39, 0.29) is 0 Å². The fourth-order valence-electron chi connectivity index (χ4n) is 3.44. The predicted octanol–water partition coefficient (Wildman–Crippen LogP) is 6.33. The van der Waals surface area contributed by atoms with Gasteiger partial charge in [0.2, 0.25) is 11.9 Å². The van der Waals surface area contributed by atoms with Crippen LogP contribution >= 0.6 is 0 Å². The summed E-state index contributed by atoms with van der Waals surface area (Å²) in [5, 5.41) is 10.5. The first-order valence-electron chi connectivity index (χ1n) is 10.8. The molecule has 3 aromatic rings. The molecule has 1 unspecified atom stereocenters. The average Bonchev–Trinajstić information content (AvgIpc) is 2.79. The van der Waals surface area contributed by atoms with Crippen molar-refractivity contribution in [1.82, 2.24) is 0 Å². The lowest BCUT2D eigenvalue weighted by Gasteiger charge is -2.39. The van der Waals surface area contributed by atoms with Gasteiger partial charge in [-0.3, -0.25) is 0 Å². The van der Waals surface area contributed by atoms with Crippen molar-refractivity contribution in [2.75, 3.05) is 0 Å². The Hall–Kier alpha value is -2.75. The normalized spacial score (nSPS) is 13.5. The van der Waals surface area contributed by atoms with Gasteiger partial charge < -0.3 is 13.9 Å². The molecule has 0 aliphatic carbocycles. The number of hydrogen-bond acceptors (Lipinski definition) is 4. The van der Waals surface area contributed by atoms with E-state index in [9.17, 15) is 5.26 Å². The molecule has 0 bridgehead atoms. The van der Waals surface area contributed by atoms with Crippen LogP contribution in [0.15, 0.2) is 84.9 Å². The molecule has 4 nitrogen and oxygen atoms in total. The summed E-state index contributed by atoms with van der Waals surface area (Å²) in [5.41, 5.74) is 2.47. The van der Waals surface area contributed by atoms with Gasteiger partial charge in [-0.15, -0.1) is 0 Å². The minimum absolute atomic E-state index is 0.310. The van der Waals surface area contributed by atoms with Gasteiger partial charge in [0.05, 0.1) is 13.2 Å². The smallest absolute Gasteiger partial charge is 0.221 e. The Labute approximate surface area is 192 Å². The first-order valence-corrected chi connectivity index (χ1v) is 14.2. The van der Waals surface area contributed by atoms with Crippen molar-refractivity contribution in [1.29, 1.82) is 5.26 Å². The number of nitrogens with zero attached hydrogens (tertiary/aromatic N) is 1. The molecule has 0 radical (unpaired) electrons. The third-order valence-corrected chi connectivity index (χ3v) is 5.87. The van der Waals surface area contributed by atoms with Crippen molar-refractivity contribution < 1.29 is 13.9 Å². The highest BCUT2D eigenvalue weighted by Crippen LogP contribution is 2.36. The van der Waals surface area contributed by atoms with Crippen molar-refractivity contribution in [3.63, 3.8) is 0 Å². The summed E-state index contributed by atoms with van der Waals surface area (Å²) in [7, 11) is -2.17. The second kappa shape index (κ2) is 10.7. The highest BCUT2D eigenvalue weighted by Gasteiger charge is 2.47. The minimum Gasteiger partial charge on any atom is -0.393 e. The average molecular weight is 446 g/mol. The predicted molar refractivity (Wildman–Crippen MR) is 129 cm³/mol. The zero-order valence-corrected chi connectivity index (χ0v) is 20.2. The third-order valence-electron chi connectivity index (χ3n) is 4.93. The van der Waals surface area contributed by atoms with Crippen LogP contribution in [-0.2, 0) is 32.7 Å². The molecule has 3 rings (SSSR count). The van der Waals surface area contributed by atoms with Crippen LogP contribution in [0.1, 0.15) is 22.3 Å². The van der Waals surface area contributed by atoms with Crippen LogP contribution in [0.3, 0.4) is 0 Å². The second-order valence-electron chi connectivity index (χ2n) is 8.85. The van der Waals surface area contributed by atoms with Gasteiger partial charge in [0.15, 0.2) is 8.32 Å². The van der Waals surface area contributed by atoms with Gasteiger partial charge in [-0.2, -0.15) is 5.26 Å². The third kappa shape index (κ3) is 6.38. The maximum atomic E-state index is 10.5. The minimum atomic E-state index is -2.17. The fraction of sp³-hybridized carbons (Fsp3) is 0.296. The largest absolute Gasteiger partial charge is 0.393 e. The van der Waals surface area contributed by atoms with Crippen LogP contribution in [0.2, 0.25) is 19.6 Å². The lowest BCUT2D eigenvalue weighted by atomic mass is 9.93. The Morgan fingerprint density at radius 3 is 1.66 bits per heavy atom.